The minimum atomic E-state index is -0.439. The molecule has 0 unspecified atom stereocenters. The van der Waals surface area contributed by atoms with Crippen molar-refractivity contribution in [2.45, 2.75) is 6.92 Å². The predicted octanol–water partition coefficient (Wildman–Crippen LogP) is 3.20. The van der Waals surface area contributed by atoms with Gasteiger partial charge < -0.3 is 4.57 Å². The summed E-state index contributed by atoms with van der Waals surface area (Å²) >= 11 is 1.32. The van der Waals surface area contributed by atoms with Crippen molar-refractivity contribution < 1.29 is 9.72 Å². The molecule has 2 aromatic carbocycles. The zero-order valence-corrected chi connectivity index (χ0v) is 13.3. The Morgan fingerprint density at radius 1 is 1.26 bits per heavy atom. The topological polar surface area (TPSA) is 77.5 Å². The number of fused-ring (bicyclic) bond motifs is 1. The number of hydrogen-bond acceptors (Lipinski definition) is 4. The molecule has 1 aromatic heterocycles. The lowest BCUT2D eigenvalue weighted by Crippen LogP contribution is -2.13. The number of hydrogen-bond donors (Lipinski definition) is 0. The summed E-state index contributed by atoms with van der Waals surface area (Å²) in [5.74, 6) is -0.328. The molecule has 3 rings (SSSR count). The minimum Gasteiger partial charge on any atom is -0.319 e. The molecular weight excluding hydrogens is 314 g/mol. The average Bonchev–Trinajstić information content (AvgIpc) is 2.83. The second kappa shape index (κ2) is 5.77. The van der Waals surface area contributed by atoms with Crippen molar-refractivity contribution in [2.75, 3.05) is 0 Å². The van der Waals surface area contributed by atoms with Gasteiger partial charge in [0.2, 0.25) is 0 Å². The van der Waals surface area contributed by atoms with Crippen LogP contribution in [0.2, 0.25) is 0 Å². The fraction of sp³-hybridized carbons (Fsp3) is 0.125. The number of nitro groups is 1. The maximum Gasteiger partial charge on any atom is 0.279 e. The molecule has 116 valence electrons. The molecule has 0 saturated heterocycles. The summed E-state index contributed by atoms with van der Waals surface area (Å²) in [6.45, 7) is 1.91. The Kier molecular flexibility index (Phi) is 3.79. The van der Waals surface area contributed by atoms with Gasteiger partial charge in [-0.1, -0.05) is 29.0 Å². The van der Waals surface area contributed by atoms with Gasteiger partial charge in [-0.25, -0.2) is 0 Å². The summed E-state index contributed by atoms with van der Waals surface area (Å²) in [6, 6.07) is 11.8. The molecule has 0 fully saturated rings. The van der Waals surface area contributed by atoms with Crippen LogP contribution in [-0.4, -0.2) is 15.4 Å². The van der Waals surface area contributed by atoms with E-state index in [4.69, 9.17) is 0 Å². The van der Waals surface area contributed by atoms with Gasteiger partial charge >= 0.3 is 0 Å². The van der Waals surface area contributed by atoms with E-state index in [0.717, 1.165) is 10.3 Å². The van der Waals surface area contributed by atoms with E-state index in [2.05, 4.69) is 4.99 Å². The molecule has 0 aliphatic rings. The van der Waals surface area contributed by atoms with Crippen molar-refractivity contribution in [3.8, 4) is 0 Å². The molecule has 1 heterocycles. The maximum absolute atomic E-state index is 12.3. The minimum absolute atomic E-state index is 0.0162. The van der Waals surface area contributed by atoms with Crippen molar-refractivity contribution >= 4 is 33.1 Å². The van der Waals surface area contributed by atoms with Crippen LogP contribution in [0.15, 0.2) is 47.5 Å². The van der Waals surface area contributed by atoms with Gasteiger partial charge in [-0.15, -0.1) is 0 Å². The van der Waals surface area contributed by atoms with Crippen LogP contribution in [-0.2, 0) is 7.05 Å². The molecule has 0 spiro atoms. The number of carbonyl (C=O) groups excluding carboxylic acids is 1. The zero-order valence-electron chi connectivity index (χ0n) is 12.5. The first-order valence-electron chi connectivity index (χ1n) is 6.85. The van der Waals surface area contributed by atoms with E-state index in [1.54, 1.807) is 29.8 Å². The van der Waals surface area contributed by atoms with Crippen LogP contribution in [0.3, 0.4) is 0 Å². The number of nitro benzene ring substituents is 1. The lowest BCUT2D eigenvalue weighted by molar-refractivity contribution is -0.384. The van der Waals surface area contributed by atoms with Gasteiger partial charge in [-0.2, -0.15) is 4.99 Å². The highest BCUT2D eigenvalue weighted by Crippen LogP contribution is 2.22. The Morgan fingerprint density at radius 3 is 2.74 bits per heavy atom. The number of aromatic nitrogens is 1. The number of rotatable bonds is 2. The fourth-order valence-electron chi connectivity index (χ4n) is 2.26. The number of non-ortho nitro benzene ring substituents is 1. The first kappa shape index (κ1) is 15.1. The smallest absolute Gasteiger partial charge is 0.279 e. The Bertz CT molecular complexity index is 1000. The van der Waals surface area contributed by atoms with Gasteiger partial charge in [-0.3, -0.25) is 14.9 Å². The van der Waals surface area contributed by atoms with E-state index >= 15 is 0 Å². The highest BCUT2D eigenvalue weighted by atomic mass is 32.1. The number of amides is 1. The van der Waals surface area contributed by atoms with Crippen LogP contribution >= 0.6 is 11.3 Å². The summed E-state index contributed by atoms with van der Waals surface area (Å²) in [5.41, 5.74) is 2.21. The van der Waals surface area contributed by atoms with Gasteiger partial charge in [0, 0.05) is 24.7 Å². The van der Waals surface area contributed by atoms with Crippen LogP contribution in [0.5, 0.6) is 0 Å². The Labute approximate surface area is 135 Å². The third-order valence-electron chi connectivity index (χ3n) is 3.47. The number of benzene rings is 2. The molecular formula is C16H13N3O3S. The molecule has 3 aromatic rings. The standard InChI is InChI=1S/C16H13N3O3S/c1-10-4-3-5-11(8-10)15(20)17-16-18(2)13-9-12(19(21)22)6-7-14(13)23-16/h3-9H,1-2H3. The molecule has 0 aliphatic carbocycles. The number of aryl methyl sites for hydroxylation is 2. The van der Waals surface area contributed by atoms with Crippen molar-refractivity contribution in [1.82, 2.24) is 4.57 Å². The van der Waals surface area contributed by atoms with E-state index in [1.165, 1.54) is 23.5 Å². The maximum atomic E-state index is 12.3. The number of nitrogens with zero attached hydrogens (tertiary/aromatic N) is 3. The van der Waals surface area contributed by atoms with Gasteiger partial charge in [0.15, 0.2) is 4.80 Å². The Morgan fingerprint density at radius 2 is 2.04 bits per heavy atom. The third kappa shape index (κ3) is 2.91. The number of thiazole rings is 1. The van der Waals surface area contributed by atoms with Gasteiger partial charge in [0.25, 0.3) is 11.6 Å². The van der Waals surface area contributed by atoms with Crippen LogP contribution in [0.1, 0.15) is 15.9 Å². The van der Waals surface area contributed by atoms with Crippen molar-refractivity contribution in [3.63, 3.8) is 0 Å². The monoisotopic (exact) mass is 327 g/mol. The van der Waals surface area contributed by atoms with Gasteiger partial charge in [0.1, 0.15) is 0 Å². The molecule has 1 amide bonds. The molecule has 7 heteroatoms. The highest BCUT2D eigenvalue weighted by molar-refractivity contribution is 7.16. The van der Waals surface area contributed by atoms with Crippen molar-refractivity contribution in [3.05, 3.63) is 68.5 Å². The van der Waals surface area contributed by atoms with Crippen molar-refractivity contribution in [2.24, 2.45) is 12.0 Å². The third-order valence-corrected chi connectivity index (χ3v) is 4.58. The summed E-state index contributed by atoms with van der Waals surface area (Å²) in [5, 5.41) is 10.9. The predicted molar refractivity (Wildman–Crippen MR) is 88.5 cm³/mol. The average molecular weight is 327 g/mol. The van der Waals surface area contributed by atoms with Gasteiger partial charge in [0.05, 0.1) is 15.1 Å². The second-order valence-corrected chi connectivity index (χ2v) is 6.15. The first-order chi connectivity index (χ1) is 11.0. The first-order valence-corrected chi connectivity index (χ1v) is 7.67. The van der Waals surface area contributed by atoms with E-state index in [-0.39, 0.29) is 11.6 Å². The van der Waals surface area contributed by atoms with Crippen LogP contribution in [0, 0.1) is 17.0 Å². The van der Waals surface area contributed by atoms with Gasteiger partial charge in [-0.05, 0) is 25.1 Å². The van der Waals surface area contributed by atoms with E-state index in [9.17, 15) is 14.9 Å². The number of carbonyl (C=O) groups is 1. The highest BCUT2D eigenvalue weighted by Gasteiger charge is 2.11. The van der Waals surface area contributed by atoms with E-state index in [1.807, 2.05) is 19.1 Å². The quantitative estimate of drug-likeness (QED) is 0.535. The SMILES string of the molecule is Cc1cccc(C(=O)N=c2sc3ccc([N+](=O)[O-])cc3n2C)c1. The normalized spacial score (nSPS) is 11.8. The Hall–Kier alpha value is -2.80. The fourth-order valence-corrected chi connectivity index (χ4v) is 3.26. The lowest BCUT2D eigenvalue weighted by atomic mass is 10.1. The molecule has 6 nitrogen and oxygen atoms in total. The summed E-state index contributed by atoms with van der Waals surface area (Å²) in [7, 11) is 1.74. The molecule has 0 radical (unpaired) electrons. The Balaban J connectivity index is 2.11. The largest absolute Gasteiger partial charge is 0.319 e. The second-order valence-electron chi connectivity index (χ2n) is 5.14. The summed E-state index contributed by atoms with van der Waals surface area (Å²) in [4.78, 5) is 27.4. The van der Waals surface area contributed by atoms with Crippen LogP contribution in [0.4, 0.5) is 5.69 Å². The van der Waals surface area contributed by atoms with E-state index in [0.29, 0.717) is 15.9 Å². The molecule has 0 bridgehead atoms. The molecule has 0 saturated carbocycles. The summed E-state index contributed by atoms with van der Waals surface area (Å²) in [6.07, 6.45) is 0. The van der Waals surface area contributed by atoms with Crippen LogP contribution in [0.25, 0.3) is 10.2 Å². The summed E-state index contributed by atoms with van der Waals surface area (Å²) < 4.78 is 2.54. The van der Waals surface area contributed by atoms with Crippen LogP contribution < -0.4 is 4.80 Å². The van der Waals surface area contributed by atoms with Crippen molar-refractivity contribution in [1.29, 1.82) is 0 Å². The molecule has 0 aliphatic heterocycles. The molecule has 23 heavy (non-hydrogen) atoms. The molecule has 0 N–H and O–H groups in total. The zero-order chi connectivity index (χ0) is 16.6. The molecule has 0 atom stereocenters. The lowest BCUT2D eigenvalue weighted by Gasteiger charge is -1.97. The van der Waals surface area contributed by atoms with E-state index < -0.39 is 4.92 Å².